The van der Waals surface area contributed by atoms with Gasteiger partial charge in [-0.2, -0.15) is 0 Å². The van der Waals surface area contributed by atoms with Crippen LogP contribution in [0.5, 0.6) is 0 Å². The number of unbranched alkanes of at least 4 members (excludes halogenated alkanes) is 1. The number of nitrogens with one attached hydrogen (secondary N) is 2. The number of carbonyl (C=O) groups excluding carboxylic acids is 3. The smallest absolute Gasteiger partial charge is 0.251 e. The third-order valence-corrected chi connectivity index (χ3v) is 9.93. The van der Waals surface area contributed by atoms with Crippen LogP contribution in [0.15, 0.2) is 48.5 Å². The maximum absolute atomic E-state index is 13.9. The molecule has 240 valence electrons. The van der Waals surface area contributed by atoms with E-state index in [1.54, 1.807) is 7.05 Å². The van der Waals surface area contributed by atoms with E-state index in [0.717, 1.165) is 70.1 Å². The summed E-state index contributed by atoms with van der Waals surface area (Å²) in [6.45, 7) is 4.93. The molecule has 1 spiro atoms. The van der Waals surface area contributed by atoms with Crippen LogP contribution in [0.3, 0.4) is 0 Å². The van der Waals surface area contributed by atoms with E-state index in [1.807, 2.05) is 29.2 Å². The molecular weight excluding hydrogens is 576 g/mol. The van der Waals surface area contributed by atoms with Crippen LogP contribution in [0.2, 0.25) is 0 Å². The van der Waals surface area contributed by atoms with Crippen LogP contribution in [-0.2, 0) is 22.6 Å². The largest absolute Gasteiger partial charge is 0.390 e. The van der Waals surface area contributed by atoms with E-state index in [1.165, 1.54) is 17.5 Å². The molecule has 0 radical (unpaired) electrons. The van der Waals surface area contributed by atoms with Gasteiger partial charge in [-0.05, 0) is 73.3 Å². The van der Waals surface area contributed by atoms with Crippen molar-refractivity contribution < 1.29 is 19.5 Å². The van der Waals surface area contributed by atoms with Crippen LogP contribution >= 0.6 is 12.4 Å². The maximum Gasteiger partial charge on any atom is 0.251 e. The summed E-state index contributed by atoms with van der Waals surface area (Å²) in [6.07, 6.45) is 8.15. The number of carbonyl (C=O) groups is 3. The molecule has 3 amide bonds. The SMILES string of the molecule is CCCCN1C(=O)[C@@H]([C@H](O)C2CCCCC2)NC(=O)C12CCN(Cc1ccc(Cc3ccc(C(=O)NC)cc3)cc1)CC2.Cl. The highest BCUT2D eigenvalue weighted by Gasteiger charge is 2.55. The fraction of sp³-hybridized carbons (Fsp3) is 0.571. The Balaban J connectivity index is 0.00000442. The van der Waals surface area contributed by atoms with Gasteiger partial charge in [0, 0.05) is 38.8 Å². The number of piperidine rings is 1. The average Bonchev–Trinajstić information content (AvgIpc) is 3.04. The van der Waals surface area contributed by atoms with E-state index >= 15 is 0 Å². The maximum atomic E-state index is 13.9. The third kappa shape index (κ3) is 7.47. The zero-order valence-corrected chi connectivity index (χ0v) is 27.0. The molecule has 2 saturated heterocycles. The van der Waals surface area contributed by atoms with Crippen molar-refractivity contribution in [2.75, 3.05) is 26.7 Å². The molecule has 8 nitrogen and oxygen atoms in total. The normalized spacial score (nSPS) is 21.4. The second-order valence-electron chi connectivity index (χ2n) is 12.8. The van der Waals surface area contributed by atoms with Gasteiger partial charge in [0.05, 0.1) is 6.10 Å². The zero-order chi connectivity index (χ0) is 30.4. The van der Waals surface area contributed by atoms with Gasteiger partial charge in [-0.3, -0.25) is 19.3 Å². The Bertz CT molecular complexity index is 1250. The molecule has 5 rings (SSSR count). The number of rotatable bonds is 10. The first-order valence-corrected chi connectivity index (χ1v) is 16.3. The topological polar surface area (TPSA) is 102 Å². The van der Waals surface area contributed by atoms with Crippen LogP contribution in [0.1, 0.15) is 91.8 Å². The Morgan fingerprint density at radius 2 is 1.57 bits per heavy atom. The number of aliphatic hydroxyl groups is 1. The second-order valence-corrected chi connectivity index (χ2v) is 12.8. The minimum absolute atomic E-state index is 0. The van der Waals surface area contributed by atoms with Crippen molar-refractivity contribution in [3.05, 3.63) is 70.8 Å². The lowest BCUT2D eigenvalue weighted by atomic mass is 9.78. The summed E-state index contributed by atoms with van der Waals surface area (Å²) in [4.78, 5) is 43.6. The van der Waals surface area contributed by atoms with Crippen LogP contribution in [-0.4, -0.2) is 77.0 Å². The summed E-state index contributed by atoms with van der Waals surface area (Å²) >= 11 is 0. The number of halogens is 1. The summed E-state index contributed by atoms with van der Waals surface area (Å²) < 4.78 is 0. The van der Waals surface area contributed by atoms with Crippen molar-refractivity contribution in [2.45, 2.75) is 95.4 Å². The average molecular weight is 625 g/mol. The molecule has 0 unspecified atom stereocenters. The lowest BCUT2D eigenvalue weighted by Crippen LogP contribution is -2.75. The molecule has 2 aromatic rings. The summed E-state index contributed by atoms with van der Waals surface area (Å²) in [5, 5.41) is 16.8. The molecule has 1 aliphatic carbocycles. The highest BCUT2D eigenvalue weighted by Crippen LogP contribution is 2.36. The fourth-order valence-electron chi connectivity index (χ4n) is 7.21. The predicted molar refractivity (Wildman–Crippen MR) is 175 cm³/mol. The molecule has 0 aromatic heterocycles. The molecule has 44 heavy (non-hydrogen) atoms. The van der Waals surface area contributed by atoms with E-state index in [9.17, 15) is 19.5 Å². The van der Waals surface area contributed by atoms with Crippen molar-refractivity contribution >= 4 is 30.1 Å². The van der Waals surface area contributed by atoms with E-state index in [4.69, 9.17) is 0 Å². The van der Waals surface area contributed by atoms with Crippen LogP contribution in [0, 0.1) is 5.92 Å². The molecule has 2 atom stereocenters. The molecular formula is C35H49ClN4O4. The quantitative estimate of drug-likeness (QED) is 0.362. The Morgan fingerprint density at radius 1 is 0.977 bits per heavy atom. The molecule has 2 heterocycles. The first-order chi connectivity index (χ1) is 20.8. The highest BCUT2D eigenvalue weighted by molar-refractivity contribution is 6.00. The second kappa shape index (κ2) is 15.4. The Labute approximate surface area is 268 Å². The van der Waals surface area contributed by atoms with E-state index in [-0.39, 0.29) is 36.0 Å². The van der Waals surface area contributed by atoms with Crippen molar-refractivity contribution in [1.29, 1.82) is 0 Å². The lowest BCUT2D eigenvalue weighted by Gasteiger charge is -2.52. The highest BCUT2D eigenvalue weighted by atomic mass is 35.5. The fourth-order valence-corrected chi connectivity index (χ4v) is 7.21. The molecule has 0 bridgehead atoms. The minimum Gasteiger partial charge on any atom is -0.390 e. The Hall–Kier alpha value is -2.94. The third-order valence-electron chi connectivity index (χ3n) is 9.93. The van der Waals surface area contributed by atoms with Gasteiger partial charge in [-0.15, -0.1) is 12.4 Å². The summed E-state index contributed by atoms with van der Waals surface area (Å²) in [5.74, 6) is -0.191. The van der Waals surface area contributed by atoms with Gasteiger partial charge in [-0.25, -0.2) is 0 Å². The zero-order valence-electron chi connectivity index (χ0n) is 26.2. The number of piperazine rings is 1. The van der Waals surface area contributed by atoms with Crippen molar-refractivity contribution in [1.82, 2.24) is 20.4 Å². The van der Waals surface area contributed by atoms with Gasteiger partial charge in [0.15, 0.2) is 0 Å². The number of hydrogen-bond donors (Lipinski definition) is 3. The Morgan fingerprint density at radius 3 is 2.16 bits per heavy atom. The number of nitrogens with zero attached hydrogens (tertiary/aromatic N) is 2. The summed E-state index contributed by atoms with van der Waals surface area (Å²) in [6, 6.07) is 15.5. The molecule has 3 aliphatic rings. The first kappa shape index (κ1) is 33.9. The standard InChI is InChI=1S/C35H48N4O4.ClH/c1-3-4-20-39-33(42)30(31(40)28-8-6-5-7-9-28)37-34(43)35(39)18-21-38(22-19-35)24-27-12-10-25(11-13-27)23-26-14-16-29(17-15-26)32(41)36-2;/h10-17,28,30-31,40H,3-9,18-24H2,1-2H3,(H,36,41)(H,37,43);1H/t30-,31-;/m1./s1. The number of likely N-dealkylation sites (tertiary alicyclic amines) is 1. The number of benzene rings is 2. The molecule has 2 aliphatic heterocycles. The minimum atomic E-state index is -0.831. The Kier molecular flexibility index (Phi) is 11.9. The number of amides is 3. The van der Waals surface area contributed by atoms with Crippen molar-refractivity contribution in [2.24, 2.45) is 5.92 Å². The van der Waals surface area contributed by atoms with Crippen LogP contribution in [0.25, 0.3) is 0 Å². The van der Waals surface area contributed by atoms with Gasteiger partial charge in [0.2, 0.25) is 11.8 Å². The van der Waals surface area contributed by atoms with Crippen LogP contribution < -0.4 is 10.6 Å². The van der Waals surface area contributed by atoms with E-state index < -0.39 is 17.7 Å². The van der Waals surface area contributed by atoms with Crippen LogP contribution in [0.4, 0.5) is 0 Å². The lowest BCUT2D eigenvalue weighted by molar-refractivity contribution is -0.166. The monoisotopic (exact) mass is 624 g/mol. The first-order valence-electron chi connectivity index (χ1n) is 16.3. The van der Waals surface area contributed by atoms with E-state index in [0.29, 0.717) is 24.9 Å². The molecule has 3 fully saturated rings. The van der Waals surface area contributed by atoms with Gasteiger partial charge >= 0.3 is 0 Å². The van der Waals surface area contributed by atoms with E-state index in [2.05, 4.69) is 46.7 Å². The van der Waals surface area contributed by atoms with Gasteiger partial charge in [-0.1, -0.05) is 69.0 Å². The molecule has 3 N–H and O–H groups in total. The summed E-state index contributed by atoms with van der Waals surface area (Å²) in [5.41, 5.74) is 3.41. The van der Waals surface area contributed by atoms with Crippen molar-refractivity contribution in [3.63, 3.8) is 0 Å². The van der Waals surface area contributed by atoms with Gasteiger partial charge < -0.3 is 20.6 Å². The van der Waals surface area contributed by atoms with Crippen molar-refractivity contribution in [3.8, 4) is 0 Å². The van der Waals surface area contributed by atoms with Gasteiger partial charge in [0.25, 0.3) is 5.91 Å². The molecule has 2 aromatic carbocycles. The van der Waals surface area contributed by atoms with Gasteiger partial charge in [0.1, 0.15) is 11.6 Å². The number of aliphatic hydroxyl groups excluding tert-OH is 1. The molecule has 1 saturated carbocycles. The molecule has 9 heteroatoms. The summed E-state index contributed by atoms with van der Waals surface area (Å²) in [7, 11) is 1.63. The predicted octanol–water partition coefficient (Wildman–Crippen LogP) is 4.46. The number of hydrogen-bond acceptors (Lipinski definition) is 5.